The summed E-state index contributed by atoms with van der Waals surface area (Å²) >= 11 is 3.41. The molecule has 1 aliphatic rings. The van der Waals surface area contributed by atoms with Gasteiger partial charge in [-0.15, -0.1) is 0 Å². The second-order valence-electron chi connectivity index (χ2n) is 6.27. The van der Waals surface area contributed by atoms with Crippen molar-refractivity contribution < 1.29 is 9.59 Å². The van der Waals surface area contributed by atoms with Gasteiger partial charge in [0.25, 0.3) is 0 Å². The first kappa shape index (κ1) is 17.8. The number of nitrogens with one attached hydrogen (secondary N) is 1. The number of benzene rings is 2. The molecule has 0 unspecified atom stereocenters. The third-order valence-corrected chi connectivity index (χ3v) is 4.85. The predicted octanol–water partition coefficient (Wildman–Crippen LogP) is 4.10. The molecule has 1 aliphatic heterocycles. The van der Waals surface area contributed by atoms with Crippen molar-refractivity contribution in [1.29, 1.82) is 0 Å². The molecule has 0 bridgehead atoms. The molecule has 0 aliphatic carbocycles. The van der Waals surface area contributed by atoms with Crippen LogP contribution in [0.4, 0.5) is 5.69 Å². The van der Waals surface area contributed by atoms with Gasteiger partial charge in [0, 0.05) is 15.6 Å². The van der Waals surface area contributed by atoms with Crippen molar-refractivity contribution in [2.45, 2.75) is 19.3 Å². The van der Waals surface area contributed by atoms with Gasteiger partial charge in [0.2, 0.25) is 5.91 Å². The molecule has 1 fully saturated rings. The summed E-state index contributed by atoms with van der Waals surface area (Å²) in [6.45, 7) is 2.29. The number of amides is 1. The molecule has 1 N–H and O–H groups in total. The molecule has 1 amide bonds. The number of carbonyl (C=O) groups is 2. The van der Waals surface area contributed by atoms with Crippen LogP contribution in [0.5, 0.6) is 0 Å². The maximum Gasteiger partial charge on any atom is 0.238 e. The fourth-order valence-electron chi connectivity index (χ4n) is 3.07. The van der Waals surface area contributed by atoms with Crippen LogP contribution in [0, 0.1) is 0 Å². The van der Waals surface area contributed by atoms with E-state index in [9.17, 15) is 9.59 Å². The zero-order valence-corrected chi connectivity index (χ0v) is 15.6. The van der Waals surface area contributed by atoms with Gasteiger partial charge in [-0.1, -0.05) is 52.7 Å². The minimum Gasteiger partial charge on any atom is -0.324 e. The minimum absolute atomic E-state index is 0.0775. The van der Waals surface area contributed by atoms with Crippen LogP contribution in [0.15, 0.2) is 53.0 Å². The number of likely N-dealkylation sites (tertiary alicyclic amines) is 1. The van der Waals surface area contributed by atoms with Crippen molar-refractivity contribution in [1.82, 2.24) is 4.90 Å². The van der Waals surface area contributed by atoms with Crippen LogP contribution in [-0.4, -0.2) is 36.2 Å². The van der Waals surface area contributed by atoms with E-state index < -0.39 is 0 Å². The number of nitrogens with zero attached hydrogens (tertiary/aromatic N) is 1. The van der Waals surface area contributed by atoms with E-state index in [1.165, 1.54) is 6.42 Å². The summed E-state index contributed by atoms with van der Waals surface area (Å²) < 4.78 is 0.806. The summed E-state index contributed by atoms with van der Waals surface area (Å²) in [6.07, 6.45) is 3.52. The Kier molecular flexibility index (Phi) is 6.00. The fourth-order valence-corrected chi connectivity index (χ4v) is 3.43. The summed E-state index contributed by atoms with van der Waals surface area (Å²) in [5.74, 6) is -0.179. The number of anilines is 1. The zero-order valence-electron chi connectivity index (χ0n) is 14.0. The van der Waals surface area contributed by atoms with Crippen LogP contribution in [0.2, 0.25) is 0 Å². The van der Waals surface area contributed by atoms with Crippen molar-refractivity contribution in [3.05, 3.63) is 64.1 Å². The van der Waals surface area contributed by atoms with Crippen molar-refractivity contribution in [3.8, 4) is 0 Å². The molecule has 4 nitrogen and oxygen atoms in total. The van der Waals surface area contributed by atoms with Gasteiger partial charge in [0.15, 0.2) is 5.78 Å². The topological polar surface area (TPSA) is 49.4 Å². The largest absolute Gasteiger partial charge is 0.324 e. The Hall–Kier alpha value is -1.98. The Morgan fingerprint density at radius 3 is 2.44 bits per heavy atom. The molecule has 1 heterocycles. The number of rotatable bonds is 5. The van der Waals surface area contributed by atoms with Gasteiger partial charge in [0.05, 0.1) is 12.2 Å². The van der Waals surface area contributed by atoms with E-state index in [4.69, 9.17) is 0 Å². The highest BCUT2D eigenvalue weighted by Gasteiger charge is 2.18. The number of halogens is 1. The van der Waals surface area contributed by atoms with Crippen LogP contribution in [0.3, 0.4) is 0 Å². The standard InChI is InChI=1S/C20H21BrN2O2/c21-16-9-10-18(22-19(24)14-23-11-5-2-6-12-23)17(13-16)20(25)15-7-3-1-4-8-15/h1,3-4,7-10,13H,2,5-6,11-12,14H2,(H,22,24). The number of hydrogen-bond acceptors (Lipinski definition) is 3. The molecule has 0 aromatic heterocycles. The van der Waals surface area contributed by atoms with Crippen molar-refractivity contribution in [2.75, 3.05) is 25.0 Å². The van der Waals surface area contributed by atoms with Gasteiger partial charge in [-0.05, 0) is 44.1 Å². The number of carbonyl (C=O) groups excluding carboxylic acids is 2. The highest BCUT2D eigenvalue weighted by molar-refractivity contribution is 9.10. The second-order valence-corrected chi connectivity index (χ2v) is 7.19. The lowest BCUT2D eigenvalue weighted by molar-refractivity contribution is -0.117. The number of ketones is 1. The molecular weight excluding hydrogens is 380 g/mol. The van der Waals surface area contributed by atoms with E-state index in [1.807, 2.05) is 24.3 Å². The molecule has 130 valence electrons. The second kappa shape index (κ2) is 8.41. The summed E-state index contributed by atoms with van der Waals surface area (Å²) in [6, 6.07) is 14.5. The van der Waals surface area contributed by atoms with E-state index in [-0.39, 0.29) is 11.7 Å². The molecule has 2 aromatic carbocycles. The van der Waals surface area contributed by atoms with Gasteiger partial charge in [-0.2, -0.15) is 0 Å². The molecule has 0 atom stereocenters. The van der Waals surface area contributed by atoms with E-state index in [1.54, 1.807) is 24.3 Å². The highest BCUT2D eigenvalue weighted by Crippen LogP contribution is 2.24. The average molecular weight is 401 g/mol. The maximum atomic E-state index is 12.8. The van der Waals surface area contributed by atoms with Crippen molar-refractivity contribution in [2.24, 2.45) is 0 Å². The van der Waals surface area contributed by atoms with Gasteiger partial charge in [-0.25, -0.2) is 0 Å². The van der Waals surface area contributed by atoms with Crippen LogP contribution in [0.25, 0.3) is 0 Å². The molecule has 0 saturated carbocycles. The van der Waals surface area contributed by atoms with E-state index in [2.05, 4.69) is 26.1 Å². The minimum atomic E-state index is -0.102. The highest BCUT2D eigenvalue weighted by atomic mass is 79.9. The van der Waals surface area contributed by atoms with Crippen LogP contribution >= 0.6 is 15.9 Å². The summed E-state index contributed by atoms with van der Waals surface area (Å²) in [4.78, 5) is 27.4. The fraction of sp³-hybridized carbons (Fsp3) is 0.300. The van der Waals surface area contributed by atoms with Crippen LogP contribution in [0.1, 0.15) is 35.2 Å². The first-order valence-electron chi connectivity index (χ1n) is 8.55. The maximum absolute atomic E-state index is 12.8. The number of hydrogen-bond donors (Lipinski definition) is 1. The summed E-state index contributed by atoms with van der Waals surface area (Å²) in [5, 5.41) is 2.91. The van der Waals surface area contributed by atoms with Gasteiger partial charge in [-0.3, -0.25) is 14.5 Å². The quantitative estimate of drug-likeness (QED) is 0.768. The first-order chi connectivity index (χ1) is 12.1. The van der Waals surface area contributed by atoms with Crippen LogP contribution < -0.4 is 5.32 Å². The lowest BCUT2D eigenvalue weighted by Crippen LogP contribution is -2.37. The van der Waals surface area contributed by atoms with Crippen LogP contribution in [-0.2, 0) is 4.79 Å². The lowest BCUT2D eigenvalue weighted by Gasteiger charge is -2.25. The normalized spacial score (nSPS) is 14.9. The summed E-state index contributed by atoms with van der Waals surface area (Å²) in [7, 11) is 0. The Morgan fingerprint density at radius 1 is 1.00 bits per heavy atom. The first-order valence-corrected chi connectivity index (χ1v) is 9.34. The molecule has 3 rings (SSSR count). The lowest BCUT2D eigenvalue weighted by atomic mass is 10.0. The van der Waals surface area contributed by atoms with Crippen molar-refractivity contribution in [3.63, 3.8) is 0 Å². The Balaban J connectivity index is 1.77. The van der Waals surface area contributed by atoms with E-state index in [0.717, 1.165) is 30.4 Å². The SMILES string of the molecule is O=C(CN1CCCCC1)Nc1ccc(Br)cc1C(=O)c1ccccc1. The van der Waals surface area contributed by atoms with Gasteiger partial charge in [0.1, 0.15) is 0 Å². The number of piperidine rings is 1. The Morgan fingerprint density at radius 2 is 1.72 bits per heavy atom. The molecule has 5 heteroatoms. The molecule has 2 aromatic rings. The van der Waals surface area contributed by atoms with Gasteiger partial charge < -0.3 is 5.32 Å². The van der Waals surface area contributed by atoms with E-state index >= 15 is 0 Å². The summed E-state index contributed by atoms with van der Waals surface area (Å²) in [5.41, 5.74) is 1.65. The Bertz CT molecular complexity index is 756. The zero-order chi connectivity index (χ0) is 17.6. The van der Waals surface area contributed by atoms with E-state index in [0.29, 0.717) is 23.4 Å². The molecular formula is C20H21BrN2O2. The smallest absolute Gasteiger partial charge is 0.238 e. The molecule has 1 saturated heterocycles. The average Bonchev–Trinajstić information content (AvgIpc) is 2.64. The Labute approximate surface area is 156 Å². The molecule has 25 heavy (non-hydrogen) atoms. The van der Waals surface area contributed by atoms with Gasteiger partial charge >= 0.3 is 0 Å². The third kappa shape index (κ3) is 4.77. The van der Waals surface area contributed by atoms with Crippen molar-refractivity contribution >= 4 is 33.3 Å². The molecule has 0 radical (unpaired) electrons. The monoisotopic (exact) mass is 400 g/mol. The third-order valence-electron chi connectivity index (χ3n) is 4.35. The predicted molar refractivity (Wildman–Crippen MR) is 103 cm³/mol. The molecule has 0 spiro atoms.